The monoisotopic (exact) mass is 277 g/mol. The molecule has 1 aromatic carbocycles. The molecule has 2 nitrogen and oxygen atoms in total. The normalized spacial score (nSPS) is 12.8. The van der Waals surface area contributed by atoms with Crippen LogP contribution in [0.15, 0.2) is 18.2 Å². The molecule has 19 heavy (non-hydrogen) atoms. The molecule has 0 N–H and O–H groups in total. The highest BCUT2D eigenvalue weighted by Crippen LogP contribution is 2.34. The molecular weight excluding hydrogens is 254 g/mol. The molecule has 0 aliphatic rings. The molecule has 0 heterocycles. The molecule has 0 bridgehead atoms. The van der Waals surface area contributed by atoms with Crippen molar-refractivity contribution in [3.8, 4) is 11.2 Å². The highest BCUT2D eigenvalue weighted by Gasteiger charge is 2.20. The van der Waals surface area contributed by atoms with Gasteiger partial charge in [0.25, 0.3) is 0 Å². The first-order valence-corrected chi connectivity index (χ1v) is 7.58. The minimum Gasteiger partial charge on any atom is -0.496 e. The highest BCUT2D eigenvalue weighted by molar-refractivity contribution is 8.03. The zero-order valence-electron chi connectivity index (χ0n) is 12.5. The lowest BCUT2D eigenvalue weighted by molar-refractivity contribution is 0.397. The van der Waals surface area contributed by atoms with Gasteiger partial charge in [-0.2, -0.15) is 5.26 Å². The third-order valence-electron chi connectivity index (χ3n) is 3.32. The molecule has 1 rings (SSSR count). The minimum atomic E-state index is 0.0719. The Hall–Kier alpha value is -1.14. The van der Waals surface area contributed by atoms with E-state index in [1.165, 1.54) is 22.9 Å². The molecule has 1 aromatic rings. The molecule has 0 radical (unpaired) electrons. The van der Waals surface area contributed by atoms with Crippen LogP contribution in [-0.4, -0.2) is 12.9 Å². The highest BCUT2D eigenvalue weighted by atomic mass is 32.2. The zero-order valence-corrected chi connectivity index (χ0v) is 13.3. The maximum Gasteiger partial charge on any atom is 0.133 e. The van der Waals surface area contributed by atoms with Gasteiger partial charge in [-0.15, -0.1) is 0 Å². The smallest absolute Gasteiger partial charge is 0.133 e. The Kier molecular flexibility index (Phi) is 5.75. The number of ether oxygens (including phenoxy) is 1. The van der Waals surface area contributed by atoms with Crippen molar-refractivity contribution in [3.05, 3.63) is 29.3 Å². The van der Waals surface area contributed by atoms with Gasteiger partial charge >= 0.3 is 0 Å². The van der Waals surface area contributed by atoms with Crippen LogP contribution in [0.2, 0.25) is 0 Å². The Bertz CT molecular complexity index is 457. The van der Waals surface area contributed by atoms with Gasteiger partial charge in [-0.3, -0.25) is 0 Å². The van der Waals surface area contributed by atoms with E-state index in [1.54, 1.807) is 7.11 Å². The first-order valence-electron chi connectivity index (χ1n) is 6.59. The van der Waals surface area contributed by atoms with Crippen LogP contribution in [-0.2, 0) is 5.41 Å². The predicted molar refractivity (Wildman–Crippen MR) is 82.8 cm³/mol. The number of methoxy groups -OCH3 is 1. The van der Waals surface area contributed by atoms with Gasteiger partial charge in [0.1, 0.15) is 11.2 Å². The van der Waals surface area contributed by atoms with Gasteiger partial charge in [0, 0.05) is 5.75 Å². The Morgan fingerprint density at radius 1 is 1.37 bits per heavy atom. The average Bonchev–Trinajstić information content (AvgIpc) is 2.37. The van der Waals surface area contributed by atoms with Gasteiger partial charge in [0.15, 0.2) is 0 Å². The average molecular weight is 277 g/mol. The van der Waals surface area contributed by atoms with Crippen LogP contribution in [0.1, 0.15) is 51.2 Å². The molecular formula is C16H23NOS. The lowest BCUT2D eigenvalue weighted by Gasteiger charge is -2.24. The summed E-state index contributed by atoms with van der Waals surface area (Å²) < 4.78 is 5.46. The lowest BCUT2D eigenvalue weighted by Crippen LogP contribution is -2.13. The summed E-state index contributed by atoms with van der Waals surface area (Å²) in [5, 5.41) is 10.7. The second kappa shape index (κ2) is 6.86. The first-order chi connectivity index (χ1) is 8.90. The van der Waals surface area contributed by atoms with Crippen LogP contribution in [0.25, 0.3) is 0 Å². The van der Waals surface area contributed by atoms with Gasteiger partial charge in [0.2, 0.25) is 0 Å². The largest absolute Gasteiger partial charge is 0.496 e. The van der Waals surface area contributed by atoms with Crippen molar-refractivity contribution in [2.45, 2.75) is 45.4 Å². The molecule has 1 unspecified atom stereocenters. The Morgan fingerprint density at radius 3 is 2.58 bits per heavy atom. The van der Waals surface area contributed by atoms with E-state index in [4.69, 9.17) is 10.00 Å². The fourth-order valence-corrected chi connectivity index (χ4v) is 2.63. The van der Waals surface area contributed by atoms with Crippen molar-refractivity contribution in [1.82, 2.24) is 0 Å². The molecule has 0 aromatic heterocycles. The van der Waals surface area contributed by atoms with Crippen LogP contribution >= 0.6 is 11.8 Å². The summed E-state index contributed by atoms with van der Waals surface area (Å²) in [5.41, 5.74) is 2.64. The molecule has 0 saturated carbocycles. The minimum absolute atomic E-state index is 0.0719. The third kappa shape index (κ3) is 4.47. The number of nitrogens with zero attached hydrogens (tertiary/aromatic N) is 1. The summed E-state index contributed by atoms with van der Waals surface area (Å²) in [6.45, 7) is 8.81. The lowest BCUT2D eigenvalue weighted by atomic mass is 9.83. The fraction of sp³-hybridized carbons (Fsp3) is 0.562. The van der Waals surface area contributed by atoms with E-state index >= 15 is 0 Å². The van der Waals surface area contributed by atoms with E-state index in [0.29, 0.717) is 5.92 Å². The number of rotatable bonds is 5. The summed E-state index contributed by atoms with van der Waals surface area (Å²) in [7, 11) is 1.72. The van der Waals surface area contributed by atoms with Crippen molar-refractivity contribution >= 4 is 11.8 Å². The summed E-state index contributed by atoms with van der Waals surface area (Å²) in [5.74, 6) is 2.30. The first kappa shape index (κ1) is 15.9. The van der Waals surface area contributed by atoms with Crippen LogP contribution in [0.3, 0.4) is 0 Å². The van der Waals surface area contributed by atoms with Crippen molar-refractivity contribution in [2.24, 2.45) is 0 Å². The topological polar surface area (TPSA) is 33.0 Å². The summed E-state index contributed by atoms with van der Waals surface area (Å²) in [6.07, 6.45) is 1.02. The molecule has 0 aliphatic carbocycles. The van der Waals surface area contributed by atoms with Gasteiger partial charge < -0.3 is 4.74 Å². The molecule has 0 aliphatic heterocycles. The standard InChI is InChI=1S/C16H23NOS/c1-12(8-9-19-11-17)13-6-7-15(18-5)14(10-13)16(2,3)4/h6-7,10,12H,8-9H2,1-5H3. The number of benzene rings is 1. The van der Waals surface area contributed by atoms with E-state index < -0.39 is 0 Å². The van der Waals surface area contributed by atoms with Crippen LogP contribution in [0, 0.1) is 10.7 Å². The third-order valence-corrected chi connectivity index (χ3v) is 3.89. The van der Waals surface area contributed by atoms with Crippen molar-refractivity contribution in [3.63, 3.8) is 0 Å². The molecule has 0 amide bonds. The number of thioether (sulfide) groups is 1. The number of hydrogen-bond donors (Lipinski definition) is 0. The number of thiocyanates is 1. The van der Waals surface area contributed by atoms with Crippen molar-refractivity contribution in [1.29, 1.82) is 5.26 Å². The van der Waals surface area contributed by atoms with Gasteiger partial charge in [-0.05, 0) is 46.7 Å². The van der Waals surface area contributed by atoms with Gasteiger partial charge in [-0.25, -0.2) is 0 Å². The number of nitriles is 1. The Morgan fingerprint density at radius 2 is 2.05 bits per heavy atom. The Balaban J connectivity index is 2.95. The van der Waals surface area contributed by atoms with Gasteiger partial charge in [-0.1, -0.05) is 39.8 Å². The molecule has 0 fully saturated rings. The second-order valence-corrected chi connectivity index (χ2v) is 6.72. The predicted octanol–water partition coefficient (Wildman–Crippen LogP) is 4.70. The Labute approximate surface area is 121 Å². The SMILES string of the molecule is COc1ccc(C(C)CCSC#N)cc1C(C)(C)C. The molecule has 1 atom stereocenters. The van der Waals surface area contributed by atoms with E-state index in [9.17, 15) is 0 Å². The van der Waals surface area contributed by atoms with E-state index in [1.807, 2.05) is 0 Å². The number of hydrogen-bond acceptors (Lipinski definition) is 3. The van der Waals surface area contributed by atoms with E-state index in [2.05, 4.69) is 51.3 Å². The maximum atomic E-state index is 8.57. The second-order valence-electron chi connectivity index (χ2n) is 5.84. The molecule has 104 valence electrons. The van der Waals surface area contributed by atoms with E-state index in [0.717, 1.165) is 17.9 Å². The fourth-order valence-electron chi connectivity index (χ4n) is 2.07. The summed E-state index contributed by atoms with van der Waals surface area (Å²) in [6, 6.07) is 6.44. The van der Waals surface area contributed by atoms with Gasteiger partial charge in [0.05, 0.1) is 7.11 Å². The van der Waals surface area contributed by atoms with Crippen molar-refractivity contribution in [2.75, 3.05) is 12.9 Å². The molecule has 3 heteroatoms. The molecule has 0 spiro atoms. The summed E-state index contributed by atoms with van der Waals surface area (Å²) in [4.78, 5) is 0. The van der Waals surface area contributed by atoms with Crippen LogP contribution in [0.4, 0.5) is 0 Å². The van der Waals surface area contributed by atoms with Crippen molar-refractivity contribution < 1.29 is 4.74 Å². The molecule has 0 saturated heterocycles. The maximum absolute atomic E-state index is 8.57. The quantitative estimate of drug-likeness (QED) is 0.577. The van der Waals surface area contributed by atoms with Crippen LogP contribution < -0.4 is 4.74 Å². The summed E-state index contributed by atoms with van der Waals surface area (Å²) >= 11 is 1.33. The van der Waals surface area contributed by atoms with E-state index in [-0.39, 0.29) is 5.41 Å². The zero-order chi connectivity index (χ0) is 14.5. The van der Waals surface area contributed by atoms with Crippen LogP contribution in [0.5, 0.6) is 5.75 Å².